The number of nitrogens with one attached hydrogen (secondary N) is 1. The predicted molar refractivity (Wildman–Crippen MR) is 104 cm³/mol. The zero-order chi connectivity index (χ0) is 19.9. The summed E-state index contributed by atoms with van der Waals surface area (Å²) in [4.78, 5) is 18.6. The number of nitrogens with zero attached hydrogens (tertiary/aromatic N) is 2. The van der Waals surface area contributed by atoms with Gasteiger partial charge < -0.3 is 9.64 Å². The SMILES string of the molecule is CN1CC[C@@]2(CC[C@H](c3cc(-c4cc(OC(F)F)ccc4F)ccn3)N2)C1=O.Cl. The highest BCUT2D eigenvalue weighted by Gasteiger charge is 2.50. The molecule has 2 atom stereocenters. The van der Waals surface area contributed by atoms with E-state index in [-0.39, 0.29) is 35.7 Å². The van der Waals surface area contributed by atoms with E-state index in [0.29, 0.717) is 17.8 Å². The van der Waals surface area contributed by atoms with Crippen molar-refractivity contribution in [1.82, 2.24) is 15.2 Å². The summed E-state index contributed by atoms with van der Waals surface area (Å²) in [5.41, 5.74) is 0.815. The molecule has 4 rings (SSSR count). The van der Waals surface area contributed by atoms with Gasteiger partial charge in [0.15, 0.2) is 0 Å². The number of alkyl halides is 2. The molecule has 0 bridgehead atoms. The maximum absolute atomic E-state index is 14.3. The molecule has 5 nitrogen and oxygen atoms in total. The Balaban J connectivity index is 0.00000240. The molecule has 0 aliphatic carbocycles. The van der Waals surface area contributed by atoms with Crippen molar-refractivity contribution >= 4 is 18.3 Å². The number of halogens is 4. The van der Waals surface area contributed by atoms with Crippen LogP contribution in [0.1, 0.15) is 31.0 Å². The summed E-state index contributed by atoms with van der Waals surface area (Å²) >= 11 is 0. The van der Waals surface area contributed by atoms with Gasteiger partial charge in [0, 0.05) is 25.4 Å². The van der Waals surface area contributed by atoms with Crippen LogP contribution in [0.15, 0.2) is 36.5 Å². The van der Waals surface area contributed by atoms with Crippen molar-refractivity contribution < 1.29 is 22.7 Å². The molecule has 0 saturated carbocycles. The van der Waals surface area contributed by atoms with E-state index in [1.54, 1.807) is 30.3 Å². The van der Waals surface area contributed by atoms with Crippen LogP contribution in [0.3, 0.4) is 0 Å². The molecule has 1 aromatic heterocycles. The van der Waals surface area contributed by atoms with Crippen molar-refractivity contribution in [1.29, 1.82) is 0 Å². The lowest BCUT2D eigenvalue weighted by molar-refractivity contribution is -0.131. The van der Waals surface area contributed by atoms with Crippen LogP contribution in [-0.2, 0) is 4.79 Å². The van der Waals surface area contributed by atoms with Crippen molar-refractivity contribution in [3.63, 3.8) is 0 Å². The Morgan fingerprint density at radius 1 is 1.28 bits per heavy atom. The van der Waals surface area contributed by atoms with E-state index in [4.69, 9.17) is 0 Å². The summed E-state index contributed by atoms with van der Waals surface area (Å²) < 4.78 is 43.6. The first-order valence-corrected chi connectivity index (χ1v) is 9.12. The second-order valence-electron chi connectivity index (χ2n) is 7.28. The molecule has 9 heteroatoms. The Morgan fingerprint density at radius 2 is 2.07 bits per heavy atom. The number of hydrogen-bond donors (Lipinski definition) is 1. The molecule has 2 aliphatic heterocycles. The van der Waals surface area contributed by atoms with Crippen LogP contribution in [0, 0.1) is 5.82 Å². The first-order chi connectivity index (χ1) is 13.4. The molecule has 2 aromatic rings. The minimum atomic E-state index is -2.98. The highest BCUT2D eigenvalue weighted by molar-refractivity contribution is 5.88. The van der Waals surface area contributed by atoms with E-state index in [1.165, 1.54) is 6.07 Å². The third-order valence-corrected chi connectivity index (χ3v) is 5.55. The van der Waals surface area contributed by atoms with E-state index in [1.807, 2.05) is 0 Å². The van der Waals surface area contributed by atoms with Crippen LogP contribution in [0.4, 0.5) is 13.2 Å². The summed E-state index contributed by atoms with van der Waals surface area (Å²) in [7, 11) is 1.79. The minimum absolute atomic E-state index is 0. The molecule has 0 radical (unpaired) electrons. The van der Waals surface area contributed by atoms with Gasteiger partial charge >= 0.3 is 6.61 Å². The van der Waals surface area contributed by atoms with Crippen LogP contribution in [-0.4, -0.2) is 41.5 Å². The van der Waals surface area contributed by atoms with Gasteiger partial charge in [-0.2, -0.15) is 8.78 Å². The van der Waals surface area contributed by atoms with Gasteiger partial charge in [0.2, 0.25) is 5.91 Å². The number of ether oxygens (including phenoxy) is 1. The fourth-order valence-corrected chi connectivity index (χ4v) is 4.10. The maximum atomic E-state index is 14.3. The van der Waals surface area contributed by atoms with Gasteiger partial charge in [-0.15, -0.1) is 12.4 Å². The fraction of sp³-hybridized carbons (Fsp3) is 0.400. The quantitative estimate of drug-likeness (QED) is 0.803. The van der Waals surface area contributed by atoms with Gasteiger partial charge in [0.05, 0.1) is 11.7 Å². The van der Waals surface area contributed by atoms with Crippen molar-refractivity contribution in [2.75, 3.05) is 13.6 Å². The molecule has 1 aromatic carbocycles. The minimum Gasteiger partial charge on any atom is -0.435 e. The molecule has 156 valence electrons. The molecular weight excluding hydrogens is 407 g/mol. The van der Waals surface area contributed by atoms with E-state index < -0.39 is 18.0 Å². The predicted octanol–water partition coefficient (Wildman–Crippen LogP) is 3.94. The number of hydrogen-bond acceptors (Lipinski definition) is 4. The average Bonchev–Trinajstić information content (AvgIpc) is 3.23. The van der Waals surface area contributed by atoms with Crippen LogP contribution >= 0.6 is 12.4 Å². The molecule has 1 amide bonds. The number of benzene rings is 1. The lowest BCUT2D eigenvalue weighted by Gasteiger charge is -2.23. The number of aromatic nitrogens is 1. The third kappa shape index (κ3) is 4.04. The standard InChI is InChI=1S/C20H20F3N3O2.ClH/c1-26-9-7-20(18(26)27)6-4-16(25-20)17-10-12(5-8-24-17)14-11-13(28-19(22)23)2-3-15(14)21;/h2-3,5,8,10-11,16,19,25H,4,6-7,9H2,1H3;1H/t16-,20+;/m1./s1. The maximum Gasteiger partial charge on any atom is 0.387 e. The molecule has 29 heavy (non-hydrogen) atoms. The van der Waals surface area contributed by atoms with Crippen molar-refractivity contribution in [2.45, 2.75) is 37.5 Å². The van der Waals surface area contributed by atoms with Gasteiger partial charge in [-0.3, -0.25) is 15.1 Å². The summed E-state index contributed by atoms with van der Waals surface area (Å²) in [6, 6.07) is 6.73. The average molecular weight is 428 g/mol. The van der Waals surface area contributed by atoms with E-state index in [2.05, 4.69) is 15.0 Å². The van der Waals surface area contributed by atoms with E-state index >= 15 is 0 Å². The van der Waals surface area contributed by atoms with Crippen LogP contribution in [0.25, 0.3) is 11.1 Å². The number of carbonyl (C=O) groups excluding carboxylic acids is 1. The first kappa shape index (κ1) is 21.4. The number of carbonyl (C=O) groups is 1. The van der Waals surface area contributed by atoms with Crippen LogP contribution in [0.5, 0.6) is 5.75 Å². The largest absolute Gasteiger partial charge is 0.435 e. The molecule has 2 aliphatic rings. The fourth-order valence-electron chi connectivity index (χ4n) is 4.10. The van der Waals surface area contributed by atoms with Crippen molar-refractivity contribution in [3.8, 4) is 16.9 Å². The number of likely N-dealkylation sites (N-methyl/N-ethyl adjacent to an activating group) is 1. The Bertz CT molecular complexity index is 914. The Kier molecular flexibility index (Phi) is 6.05. The highest BCUT2D eigenvalue weighted by Crippen LogP contribution is 2.39. The Morgan fingerprint density at radius 3 is 2.76 bits per heavy atom. The number of likely N-dealkylation sites (tertiary alicyclic amines) is 1. The first-order valence-electron chi connectivity index (χ1n) is 9.12. The molecular formula is C20H21ClF3N3O2. The Labute approximate surface area is 172 Å². The molecule has 2 saturated heterocycles. The summed E-state index contributed by atoms with van der Waals surface area (Å²) in [6.07, 6.45) is 3.77. The molecule has 3 heterocycles. The van der Waals surface area contributed by atoms with Gasteiger partial charge in [-0.05, 0) is 55.2 Å². The third-order valence-electron chi connectivity index (χ3n) is 5.55. The highest BCUT2D eigenvalue weighted by atomic mass is 35.5. The summed E-state index contributed by atoms with van der Waals surface area (Å²) in [5.74, 6) is -0.557. The van der Waals surface area contributed by atoms with Crippen molar-refractivity contribution in [2.24, 2.45) is 0 Å². The smallest absolute Gasteiger partial charge is 0.387 e. The zero-order valence-corrected chi connectivity index (χ0v) is 16.5. The molecule has 0 unspecified atom stereocenters. The molecule has 1 spiro atoms. The van der Waals surface area contributed by atoms with Crippen LogP contribution in [0.2, 0.25) is 0 Å². The number of rotatable bonds is 4. The lowest BCUT2D eigenvalue weighted by Crippen LogP contribution is -2.47. The second kappa shape index (κ2) is 8.20. The van der Waals surface area contributed by atoms with E-state index in [9.17, 15) is 18.0 Å². The zero-order valence-electron chi connectivity index (χ0n) is 15.7. The normalized spacial score (nSPS) is 23.7. The summed E-state index contributed by atoms with van der Waals surface area (Å²) in [6.45, 7) is -2.26. The van der Waals surface area contributed by atoms with Gasteiger partial charge in [-0.25, -0.2) is 4.39 Å². The molecule has 2 fully saturated rings. The van der Waals surface area contributed by atoms with E-state index in [0.717, 1.165) is 31.4 Å². The van der Waals surface area contributed by atoms with Gasteiger partial charge in [0.1, 0.15) is 17.1 Å². The van der Waals surface area contributed by atoms with Gasteiger partial charge in [0.25, 0.3) is 0 Å². The Hall–Kier alpha value is -2.32. The van der Waals surface area contributed by atoms with Crippen LogP contribution < -0.4 is 10.1 Å². The second-order valence-corrected chi connectivity index (χ2v) is 7.28. The van der Waals surface area contributed by atoms with Gasteiger partial charge in [-0.1, -0.05) is 0 Å². The lowest BCUT2D eigenvalue weighted by atomic mass is 9.96. The number of amides is 1. The number of pyridine rings is 1. The topological polar surface area (TPSA) is 54.5 Å². The molecule has 1 N–H and O–H groups in total. The van der Waals surface area contributed by atoms with Crippen molar-refractivity contribution in [3.05, 3.63) is 48.0 Å². The monoisotopic (exact) mass is 427 g/mol. The summed E-state index contributed by atoms with van der Waals surface area (Å²) in [5, 5.41) is 3.42.